The number of nitrogens with zero attached hydrogens (tertiary/aromatic N) is 1. The van der Waals surface area contributed by atoms with Crippen LogP contribution < -0.4 is 4.74 Å². The number of likely N-dealkylation sites (tertiary alicyclic amines) is 1. The molecule has 0 radical (unpaired) electrons. The van der Waals surface area contributed by atoms with Crippen molar-refractivity contribution < 1.29 is 4.74 Å². The van der Waals surface area contributed by atoms with Crippen LogP contribution in [0.25, 0.3) is 0 Å². The second-order valence-electron chi connectivity index (χ2n) is 10.7. The van der Waals surface area contributed by atoms with Gasteiger partial charge in [-0.2, -0.15) is 0 Å². The molecular weight excluding hydrogens is 366 g/mol. The lowest BCUT2D eigenvalue weighted by Crippen LogP contribution is -2.43. The van der Waals surface area contributed by atoms with Gasteiger partial charge in [-0.05, 0) is 72.9 Å². The van der Waals surface area contributed by atoms with Gasteiger partial charge in [-0.1, -0.05) is 71.0 Å². The van der Waals surface area contributed by atoms with E-state index in [9.17, 15) is 0 Å². The van der Waals surface area contributed by atoms with Gasteiger partial charge >= 0.3 is 0 Å². The number of hydrogen-bond donors (Lipinski definition) is 0. The molecule has 1 heterocycles. The molecule has 1 saturated heterocycles. The monoisotopic (exact) mass is 407 g/mol. The number of piperidine rings is 1. The first kappa shape index (κ1) is 22.9. The normalized spacial score (nSPS) is 20.7. The lowest BCUT2D eigenvalue weighted by Gasteiger charge is -2.45. The summed E-state index contributed by atoms with van der Waals surface area (Å²) in [7, 11) is 0. The molecule has 2 unspecified atom stereocenters. The third-order valence-electron chi connectivity index (χ3n) is 6.53. The van der Waals surface area contributed by atoms with Crippen molar-refractivity contribution in [1.29, 1.82) is 0 Å². The maximum absolute atomic E-state index is 5.81. The first-order valence-corrected chi connectivity index (χ1v) is 11.7. The summed E-state index contributed by atoms with van der Waals surface area (Å²) in [5.41, 5.74) is 4.78. The first-order valence-electron chi connectivity index (χ1n) is 11.7. The number of benzene rings is 2. The fourth-order valence-electron chi connectivity index (χ4n) is 5.09. The van der Waals surface area contributed by atoms with E-state index in [1.807, 2.05) is 0 Å². The summed E-state index contributed by atoms with van der Waals surface area (Å²) in [6.07, 6.45) is 1.48. The zero-order chi connectivity index (χ0) is 21.9. The van der Waals surface area contributed by atoms with Crippen molar-refractivity contribution in [3.8, 4) is 5.75 Å². The second-order valence-corrected chi connectivity index (χ2v) is 10.7. The largest absolute Gasteiger partial charge is 0.491 e. The number of hydrogen-bond acceptors (Lipinski definition) is 2. The van der Waals surface area contributed by atoms with Gasteiger partial charge in [0, 0.05) is 19.0 Å². The van der Waals surface area contributed by atoms with Crippen LogP contribution in [0.4, 0.5) is 0 Å². The van der Waals surface area contributed by atoms with Crippen LogP contribution in [-0.2, 0) is 6.54 Å². The van der Waals surface area contributed by atoms with E-state index < -0.39 is 0 Å². The average molecular weight is 408 g/mol. The van der Waals surface area contributed by atoms with E-state index >= 15 is 0 Å². The molecule has 30 heavy (non-hydrogen) atoms. The van der Waals surface area contributed by atoms with Crippen LogP contribution in [0.2, 0.25) is 0 Å². The van der Waals surface area contributed by atoms with Crippen molar-refractivity contribution in [2.24, 2.45) is 11.3 Å². The van der Waals surface area contributed by atoms with E-state index in [0.717, 1.165) is 18.8 Å². The van der Waals surface area contributed by atoms with Crippen molar-refractivity contribution >= 4 is 0 Å². The predicted molar refractivity (Wildman–Crippen MR) is 128 cm³/mol. The molecule has 0 N–H and O–H groups in total. The minimum atomic E-state index is 0.217. The van der Waals surface area contributed by atoms with E-state index in [4.69, 9.17) is 4.74 Å². The Labute approximate surface area is 184 Å². The molecule has 0 aromatic heterocycles. The van der Waals surface area contributed by atoms with Gasteiger partial charge in [0.1, 0.15) is 5.75 Å². The highest BCUT2D eigenvalue weighted by Gasteiger charge is 2.38. The van der Waals surface area contributed by atoms with Gasteiger partial charge in [0.05, 0.1) is 6.10 Å². The van der Waals surface area contributed by atoms with Crippen LogP contribution in [0, 0.1) is 11.3 Å². The molecule has 1 fully saturated rings. The van der Waals surface area contributed by atoms with Crippen molar-refractivity contribution in [1.82, 2.24) is 4.90 Å². The summed E-state index contributed by atoms with van der Waals surface area (Å²) < 4.78 is 5.81. The molecule has 3 rings (SSSR count). The highest BCUT2D eigenvalue weighted by Crippen LogP contribution is 2.45. The third-order valence-corrected chi connectivity index (χ3v) is 6.53. The van der Waals surface area contributed by atoms with Gasteiger partial charge < -0.3 is 4.74 Å². The summed E-state index contributed by atoms with van der Waals surface area (Å²) in [6, 6.07) is 17.8. The standard InChI is InChI=1S/C28H41NO/c1-20(2)24-10-8-9-11-25(24)26-19-29(17-16-27(26)28(5,6)7)18-22-12-14-23(15-13-22)30-21(3)4/h8-15,20-21,26-27H,16-19H2,1-7H3. The Hall–Kier alpha value is -1.80. The quantitative estimate of drug-likeness (QED) is 0.500. The summed E-state index contributed by atoms with van der Waals surface area (Å²) >= 11 is 0. The summed E-state index contributed by atoms with van der Waals surface area (Å²) in [4.78, 5) is 2.66. The SMILES string of the molecule is CC(C)Oc1ccc(CN2CCC(C(C)(C)C)C(c3ccccc3C(C)C)C2)cc1. The van der Waals surface area contributed by atoms with Crippen molar-refractivity contribution in [2.75, 3.05) is 13.1 Å². The van der Waals surface area contributed by atoms with Gasteiger partial charge in [0.25, 0.3) is 0 Å². The van der Waals surface area contributed by atoms with Crippen LogP contribution in [0.1, 0.15) is 83.4 Å². The first-order chi connectivity index (χ1) is 14.1. The molecule has 1 aliphatic rings. The molecular formula is C28H41NO. The number of ether oxygens (including phenoxy) is 1. The lowest BCUT2D eigenvalue weighted by molar-refractivity contribution is 0.0827. The Morgan fingerprint density at radius 3 is 2.23 bits per heavy atom. The fraction of sp³-hybridized carbons (Fsp3) is 0.571. The van der Waals surface area contributed by atoms with Gasteiger partial charge in [-0.25, -0.2) is 0 Å². The Morgan fingerprint density at radius 2 is 1.63 bits per heavy atom. The van der Waals surface area contributed by atoms with Crippen molar-refractivity contribution in [3.05, 3.63) is 65.2 Å². The van der Waals surface area contributed by atoms with E-state index in [0.29, 0.717) is 23.2 Å². The van der Waals surface area contributed by atoms with Crippen LogP contribution >= 0.6 is 0 Å². The molecule has 0 spiro atoms. The van der Waals surface area contributed by atoms with Crippen molar-refractivity contribution in [3.63, 3.8) is 0 Å². The molecule has 2 nitrogen and oxygen atoms in total. The average Bonchev–Trinajstić information content (AvgIpc) is 2.68. The second kappa shape index (κ2) is 9.56. The molecule has 2 heteroatoms. The van der Waals surface area contributed by atoms with E-state index in [2.05, 4.69) is 102 Å². The molecule has 0 amide bonds. The van der Waals surface area contributed by atoms with Crippen LogP contribution in [0.3, 0.4) is 0 Å². The maximum Gasteiger partial charge on any atom is 0.119 e. The van der Waals surface area contributed by atoms with E-state index in [1.54, 1.807) is 5.56 Å². The highest BCUT2D eigenvalue weighted by molar-refractivity contribution is 5.34. The Morgan fingerprint density at radius 1 is 0.967 bits per heavy atom. The zero-order valence-corrected chi connectivity index (χ0v) is 20.1. The van der Waals surface area contributed by atoms with Gasteiger partial charge in [0.2, 0.25) is 0 Å². The van der Waals surface area contributed by atoms with Crippen LogP contribution in [0.5, 0.6) is 5.75 Å². The van der Waals surface area contributed by atoms with E-state index in [1.165, 1.54) is 24.1 Å². The molecule has 0 bridgehead atoms. The smallest absolute Gasteiger partial charge is 0.119 e. The minimum Gasteiger partial charge on any atom is -0.491 e. The molecule has 2 aromatic carbocycles. The molecule has 2 atom stereocenters. The van der Waals surface area contributed by atoms with Gasteiger partial charge in [-0.3, -0.25) is 4.90 Å². The van der Waals surface area contributed by atoms with Crippen LogP contribution in [-0.4, -0.2) is 24.1 Å². The predicted octanol–water partition coefficient (Wildman–Crippen LogP) is 7.25. The fourth-order valence-corrected chi connectivity index (χ4v) is 5.09. The Bertz CT molecular complexity index is 800. The number of rotatable bonds is 6. The van der Waals surface area contributed by atoms with Crippen LogP contribution in [0.15, 0.2) is 48.5 Å². The van der Waals surface area contributed by atoms with Gasteiger partial charge in [-0.15, -0.1) is 0 Å². The topological polar surface area (TPSA) is 12.5 Å². The molecule has 0 aliphatic carbocycles. The van der Waals surface area contributed by atoms with E-state index in [-0.39, 0.29) is 6.10 Å². The molecule has 0 saturated carbocycles. The Balaban J connectivity index is 1.80. The Kier molecular flexibility index (Phi) is 7.29. The maximum atomic E-state index is 5.81. The summed E-state index contributed by atoms with van der Waals surface area (Å²) in [5, 5.41) is 0. The summed E-state index contributed by atoms with van der Waals surface area (Å²) in [6.45, 7) is 19.4. The molecule has 1 aliphatic heterocycles. The van der Waals surface area contributed by atoms with Gasteiger partial charge in [0.15, 0.2) is 0 Å². The third kappa shape index (κ3) is 5.66. The summed E-state index contributed by atoms with van der Waals surface area (Å²) in [5.74, 6) is 2.81. The van der Waals surface area contributed by atoms with Crippen molar-refractivity contribution in [2.45, 2.75) is 79.4 Å². The lowest BCUT2D eigenvalue weighted by atomic mass is 9.66. The highest BCUT2D eigenvalue weighted by atomic mass is 16.5. The minimum absolute atomic E-state index is 0.217. The molecule has 164 valence electrons. The zero-order valence-electron chi connectivity index (χ0n) is 20.1. The molecule has 2 aromatic rings.